The fourth-order valence-electron chi connectivity index (χ4n) is 4.79. The van der Waals surface area contributed by atoms with Crippen LogP contribution in [0.2, 0.25) is 0 Å². The van der Waals surface area contributed by atoms with Crippen molar-refractivity contribution in [2.45, 2.75) is 19.1 Å². The number of hydrogen-bond donors (Lipinski definition) is 1. The lowest BCUT2D eigenvalue weighted by Crippen LogP contribution is -2.29. The molecule has 0 amide bonds. The fourth-order valence-corrected chi connectivity index (χ4v) is 5.31. The number of aldehydes is 1. The summed E-state index contributed by atoms with van der Waals surface area (Å²) < 4.78 is 24.6. The molecule has 0 saturated heterocycles. The van der Waals surface area contributed by atoms with Crippen LogP contribution in [0.1, 0.15) is 32.6 Å². The maximum atomic E-state index is 13.2. The Bertz CT molecular complexity index is 1780. The number of methoxy groups -OCH3 is 2. The maximum absolute atomic E-state index is 13.2. The van der Waals surface area contributed by atoms with Crippen LogP contribution in [0.3, 0.4) is 0 Å². The van der Waals surface area contributed by atoms with E-state index in [9.17, 15) is 14.7 Å². The number of nitrogens with zero attached hydrogens (tertiary/aromatic N) is 2. The highest BCUT2D eigenvalue weighted by molar-refractivity contribution is 7.00. The van der Waals surface area contributed by atoms with Crippen LogP contribution in [0.4, 0.5) is 0 Å². The summed E-state index contributed by atoms with van der Waals surface area (Å²) in [6, 6.07) is 27.4. The molecule has 1 aliphatic heterocycles. The van der Waals surface area contributed by atoms with Gasteiger partial charge in [-0.05, 0) is 48.4 Å². The molecule has 1 aliphatic rings. The standard InChI is InChI=1S/C25H20N2O4S.C8H8O2/c1-15-7-10-18(11-8-15)25(29)19(13-16-5-3-4-6-22(16)30-2)23(24(28)31-25)17-9-12-20-21(14-17)27-32-26-20;1-10-8-5-3-2-4-7(8)6-9/h3-12,14,29H,13H2,1-2H3;2-6H,1H3. The Morgan fingerprint density at radius 2 is 1.55 bits per heavy atom. The monoisotopic (exact) mass is 580 g/mol. The topological polar surface area (TPSA) is 108 Å². The summed E-state index contributed by atoms with van der Waals surface area (Å²) in [6.45, 7) is 1.96. The van der Waals surface area contributed by atoms with Crippen molar-refractivity contribution in [2.75, 3.05) is 14.2 Å². The highest BCUT2D eigenvalue weighted by atomic mass is 32.1. The number of esters is 1. The zero-order valence-electron chi connectivity index (χ0n) is 23.2. The summed E-state index contributed by atoms with van der Waals surface area (Å²) in [5.74, 6) is -1.18. The van der Waals surface area contributed by atoms with E-state index in [2.05, 4.69) is 8.75 Å². The van der Waals surface area contributed by atoms with Crippen molar-refractivity contribution in [3.63, 3.8) is 0 Å². The number of aryl methyl sites for hydroxylation is 1. The lowest BCUT2D eigenvalue weighted by molar-refractivity contribution is -0.185. The van der Waals surface area contributed by atoms with Crippen LogP contribution in [0.25, 0.3) is 16.6 Å². The van der Waals surface area contributed by atoms with Crippen LogP contribution >= 0.6 is 11.7 Å². The van der Waals surface area contributed by atoms with E-state index >= 15 is 0 Å². The van der Waals surface area contributed by atoms with E-state index in [1.165, 1.54) is 0 Å². The van der Waals surface area contributed by atoms with E-state index in [0.717, 1.165) is 34.7 Å². The van der Waals surface area contributed by atoms with Crippen molar-refractivity contribution in [2.24, 2.45) is 0 Å². The van der Waals surface area contributed by atoms with Crippen molar-refractivity contribution < 1.29 is 28.9 Å². The van der Waals surface area contributed by atoms with Crippen molar-refractivity contribution in [1.29, 1.82) is 0 Å². The molecule has 6 rings (SSSR count). The van der Waals surface area contributed by atoms with Crippen LogP contribution < -0.4 is 9.47 Å². The van der Waals surface area contributed by atoms with Gasteiger partial charge in [-0.15, -0.1) is 0 Å². The van der Waals surface area contributed by atoms with Gasteiger partial charge in [0.1, 0.15) is 22.5 Å². The molecule has 0 fully saturated rings. The van der Waals surface area contributed by atoms with Crippen LogP contribution in [-0.2, 0) is 21.7 Å². The van der Waals surface area contributed by atoms with Gasteiger partial charge in [0.05, 0.1) is 37.1 Å². The average molecular weight is 581 g/mol. The van der Waals surface area contributed by atoms with Gasteiger partial charge >= 0.3 is 5.97 Å². The van der Waals surface area contributed by atoms with Gasteiger partial charge in [-0.2, -0.15) is 8.75 Å². The van der Waals surface area contributed by atoms with Crippen LogP contribution in [-0.4, -0.2) is 40.3 Å². The highest BCUT2D eigenvalue weighted by Crippen LogP contribution is 2.45. The second-order valence-electron chi connectivity index (χ2n) is 9.57. The molecule has 212 valence electrons. The van der Waals surface area contributed by atoms with E-state index < -0.39 is 11.8 Å². The molecule has 0 aliphatic carbocycles. The van der Waals surface area contributed by atoms with Crippen molar-refractivity contribution in [3.05, 3.63) is 124 Å². The van der Waals surface area contributed by atoms with E-state index in [1.54, 1.807) is 50.6 Å². The second kappa shape index (κ2) is 12.3. The summed E-state index contributed by atoms with van der Waals surface area (Å²) in [7, 11) is 3.14. The molecule has 42 heavy (non-hydrogen) atoms. The zero-order valence-corrected chi connectivity index (χ0v) is 24.1. The van der Waals surface area contributed by atoms with E-state index in [0.29, 0.717) is 44.9 Å². The van der Waals surface area contributed by atoms with E-state index in [1.807, 2.05) is 61.5 Å². The van der Waals surface area contributed by atoms with Gasteiger partial charge in [-0.1, -0.05) is 66.2 Å². The Morgan fingerprint density at radius 1 is 0.881 bits per heavy atom. The first kappa shape index (κ1) is 28.7. The molecule has 1 unspecified atom stereocenters. The number of para-hydroxylation sites is 2. The molecule has 5 aromatic rings. The largest absolute Gasteiger partial charge is 0.496 e. The number of ether oxygens (including phenoxy) is 3. The van der Waals surface area contributed by atoms with Gasteiger partial charge in [0.25, 0.3) is 5.79 Å². The molecule has 1 N–H and O–H groups in total. The number of hydrogen-bond acceptors (Lipinski definition) is 9. The molecule has 0 spiro atoms. The molecule has 1 aromatic heterocycles. The molecule has 0 bridgehead atoms. The first-order chi connectivity index (χ1) is 20.4. The third-order valence-corrected chi connectivity index (χ3v) is 7.52. The first-order valence-electron chi connectivity index (χ1n) is 13.1. The summed E-state index contributed by atoms with van der Waals surface area (Å²) in [6.07, 6.45) is 1.04. The number of fused-ring (bicyclic) bond motifs is 1. The molecular formula is C33H28N2O6S. The van der Waals surface area contributed by atoms with Gasteiger partial charge in [-0.3, -0.25) is 4.79 Å². The fraction of sp³-hybridized carbons (Fsp3) is 0.152. The van der Waals surface area contributed by atoms with Crippen molar-refractivity contribution in [3.8, 4) is 11.5 Å². The van der Waals surface area contributed by atoms with E-state index in [-0.39, 0.29) is 6.42 Å². The number of aliphatic hydroxyl groups is 1. The van der Waals surface area contributed by atoms with Gasteiger partial charge in [0.15, 0.2) is 6.29 Å². The minimum atomic E-state index is -1.89. The molecule has 2 heterocycles. The zero-order chi connectivity index (χ0) is 29.7. The number of benzene rings is 4. The van der Waals surface area contributed by atoms with E-state index in [4.69, 9.17) is 14.2 Å². The minimum absolute atomic E-state index is 0.267. The molecular weight excluding hydrogens is 552 g/mol. The van der Waals surface area contributed by atoms with Crippen LogP contribution in [0.15, 0.2) is 96.6 Å². The quantitative estimate of drug-likeness (QED) is 0.187. The highest BCUT2D eigenvalue weighted by Gasteiger charge is 2.48. The number of carbonyl (C=O) groups excluding carboxylic acids is 2. The predicted molar refractivity (Wildman–Crippen MR) is 161 cm³/mol. The lowest BCUT2D eigenvalue weighted by Gasteiger charge is -2.26. The molecule has 0 saturated carbocycles. The van der Waals surface area contributed by atoms with Gasteiger partial charge in [0, 0.05) is 17.6 Å². The Labute approximate surface area is 247 Å². The Balaban J connectivity index is 0.000000300. The Hall–Kier alpha value is -4.86. The second-order valence-corrected chi connectivity index (χ2v) is 10.1. The number of aromatic nitrogens is 2. The van der Waals surface area contributed by atoms with Crippen molar-refractivity contribution >= 4 is 40.6 Å². The molecule has 0 radical (unpaired) electrons. The molecule has 4 aromatic carbocycles. The average Bonchev–Trinajstić information content (AvgIpc) is 3.59. The smallest absolute Gasteiger partial charge is 0.342 e. The summed E-state index contributed by atoms with van der Waals surface area (Å²) in [5, 5.41) is 11.7. The van der Waals surface area contributed by atoms with Gasteiger partial charge in [0.2, 0.25) is 0 Å². The molecule has 1 atom stereocenters. The summed E-state index contributed by atoms with van der Waals surface area (Å²) in [4.78, 5) is 23.5. The van der Waals surface area contributed by atoms with Crippen LogP contribution in [0.5, 0.6) is 11.5 Å². The third-order valence-electron chi connectivity index (χ3n) is 6.97. The van der Waals surface area contributed by atoms with Gasteiger partial charge in [-0.25, -0.2) is 4.79 Å². The maximum Gasteiger partial charge on any atom is 0.342 e. The first-order valence-corrected chi connectivity index (χ1v) is 13.8. The minimum Gasteiger partial charge on any atom is -0.496 e. The lowest BCUT2D eigenvalue weighted by atomic mass is 9.87. The predicted octanol–water partition coefficient (Wildman–Crippen LogP) is 5.91. The van der Waals surface area contributed by atoms with Crippen molar-refractivity contribution in [1.82, 2.24) is 8.75 Å². The third kappa shape index (κ3) is 5.65. The number of carbonyl (C=O) groups is 2. The normalized spacial score (nSPS) is 16.0. The molecule has 9 heteroatoms. The Morgan fingerprint density at radius 3 is 2.24 bits per heavy atom. The summed E-state index contributed by atoms with van der Waals surface area (Å²) >= 11 is 1.11. The summed E-state index contributed by atoms with van der Waals surface area (Å²) in [5.41, 5.74) is 5.82. The SMILES string of the molecule is COc1ccccc1C=O.COc1ccccc1CC1=C(c2ccc3nsnc3c2)C(=O)OC1(O)c1ccc(C)cc1. The van der Waals surface area contributed by atoms with Gasteiger partial charge < -0.3 is 19.3 Å². The molecule has 8 nitrogen and oxygen atoms in total. The number of rotatable bonds is 7. The van der Waals surface area contributed by atoms with Crippen LogP contribution in [0, 0.1) is 6.92 Å². The Kier molecular flexibility index (Phi) is 8.42. The number of cyclic esters (lactones) is 1.